The molecule has 0 unspecified atom stereocenters. The van der Waals surface area contributed by atoms with Crippen LogP contribution in [0.4, 0.5) is 15.9 Å². The lowest BCUT2D eigenvalue weighted by Gasteiger charge is -2.08. The van der Waals surface area contributed by atoms with E-state index in [1.165, 1.54) is 6.07 Å². The van der Waals surface area contributed by atoms with Gasteiger partial charge in [-0.05, 0) is 46.3 Å². The van der Waals surface area contributed by atoms with Crippen LogP contribution in [0.15, 0.2) is 45.3 Å². The third-order valence-electron chi connectivity index (χ3n) is 1.91. The Morgan fingerprint density at radius 2 is 1.94 bits per heavy atom. The molecule has 0 aliphatic carbocycles. The first-order chi connectivity index (χ1) is 7.65. The van der Waals surface area contributed by atoms with Crippen LogP contribution >= 0.6 is 31.9 Å². The topological polar surface area (TPSA) is 24.9 Å². The summed E-state index contributed by atoms with van der Waals surface area (Å²) in [5.41, 5.74) is 0.826. The highest BCUT2D eigenvalue weighted by molar-refractivity contribution is 9.11. The van der Waals surface area contributed by atoms with Crippen LogP contribution < -0.4 is 5.32 Å². The number of anilines is 2. The lowest BCUT2D eigenvalue weighted by atomic mass is 10.3. The van der Waals surface area contributed by atoms with Gasteiger partial charge < -0.3 is 5.32 Å². The van der Waals surface area contributed by atoms with Crippen LogP contribution in [0.1, 0.15) is 0 Å². The van der Waals surface area contributed by atoms with Crippen molar-refractivity contribution in [3.8, 4) is 0 Å². The van der Waals surface area contributed by atoms with Crippen molar-refractivity contribution >= 4 is 43.4 Å². The lowest BCUT2D eigenvalue weighted by Crippen LogP contribution is -1.95. The highest BCUT2D eigenvalue weighted by Crippen LogP contribution is 2.28. The second-order valence-electron chi connectivity index (χ2n) is 3.09. The van der Waals surface area contributed by atoms with E-state index in [1.54, 1.807) is 12.1 Å². The SMILES string of the molecule is Fc1cccc(Nc2cc(Br)ccc2Br)n1. The minimum absolute atomic E-state index is 0.471. The van der Waals surface area contributed by atoms with Gasteiger partial charge in [0.1, 0.15) is 5.82 Å². The predicted octanol–water partition coefficient (Wildman–Crippen LogP) is 4.49. The van der Waals surface area contributed by atoms with Gasteiger partial charge in [-0.25, -0.2) is 4.98 Å². The monoisotopic (exact) mass is 344 g/mol. The third kappa shape index (κ3) is 2.80. The summed E-state index contributed by atoms with van der Waals surface area (Å²) < 4.78 is 14.7. The minimum Gasteiger partial charge on any atom is -0.339 e. The number of benzene rings is 1. The standard InChI is InChI=1S/C11H7Br2FN2/c12-7-4-5-8(13)9(6-7)15-11-3-1-2-10(14)16-11/h1-6H,(H,15,16). The van der Waals surface area contributed by atoms with Crippen molar-refractivity contribution in [1.82, 2.24) is 4.98 Å². The minimum atomic E-state index is -0.504. The zero-order valence-corrected chi connectivity index (χ0v) is 11.2. The summed E-state index contributed by atoms with van der Waals surface area (Å²) in [7, 11) is 0. The molecule has 0 spiro atoms. The fourth-order valence-corrected chi connectivity index (χ4v) is 1.92. The van der Waals surface area contributed by atoms with Gasteiger partial charge in [-0.1, -0.05) is 22.0 Å². The molecule has 2 nitrogen and oxygen atoms in total. The number of aromatic nitrogens is 1. The Bertz CT molecular complexity index is 517. The van der Waals surface area contributed by atoms with Gasteiger partial charge in [-0.2, -0.15) is 4.39 Å². The first-order valence-corrected chi connectivity index (χ1v) is 6.08. The molecular weight excluding hydrogens is 339 g/mol. The summed E-state index contributed by atoms with van der Waals surface area (Å²) in [5, 5.41) is 3.03. The van der Waals surface area contributed by atoms with Crippen molar-refractivity contribution in [1.29, 1.82) is 0 Å². The molecular formula is C11H7Br2FN2. The van der Waals surface area contributed by atoms with E-state index in [0.717, 1.165) is 14.6 Å². The van der Waals surface area contributed by atoms with Crippen molar-refractivity contribution in [2.24, 2.45) is 0 Å². The number of rotatable bonds is 2. The molecule has 0 aliphatic heterocycles. The van der Waals surface area contributed by atoms with E-state index in [9.17, 15) is 4.39 Å². The average molecular weight is 346 g/mol. The zero-order valence-electron chi connectivity index (χ0n) is 8.05. The molecule has 2 rings (SSSR count). The maximum atomic E-state index is 12.9. The van der Waals surface area contributed by atoms with Gasteiger partial charge >= 0.3 is 0 Å². The molecule has 82 valence electrons. The van der Waals surface area contributed by atoms with E-state index in [0.29, 0.717) is 5.82 Å². The van der Waals surface area contributed by atoms with Crippen molar-refractivity contribution in [3.63, 3.8) is 0 Å². The van der Waals surface area contributed by atoms with Crippen LogP contribution in [-0.4, -0.2) is 4.98 Å². The predicted molar refractivity (Wildman–Crippen MR) is 69.3 cm³/mol. The van der Waals surface area contributed by atoms with E-state index >= 15 is 0 Å². The number of pyridine rings is 1. The summed E-state index contributed by atoms with van der Waals surface area (Å²) >= 11 is 6.77. The molecule has 0 amide bonds. The fraction of sp³-hybridized carbons (Fsp3) is 0. The Morgan fingerprint density at radius 3 is 2.69 bits per heavy atom. The second-order valence-corrected chi connectivity index (χ2v) is 4.86. The van der Waals surface area contributed by atoms with Crippen LogP contribution in [0, 0.1) is 5.95 Å². The van der Waals surface area contributed by atoms with Gasteiger partial charge in [-0.3, -0.25) is 0 Å². The Hall–Kier alpha value is -0.940. The van der Waals surface area contributed by atoms with E-state index in [4.69, 9.17) is 0 Å². The van der Waals surface area contributed by atoms with Crippen molar-refractivity contribution in [2.45, 2.75) is 0 Å². The molecule has 1 aromatic carbocycles. The quantitative estimate of drug-likeness (QED) is 0.811. The van der Waals surface area contributed by atoms with Crippen molar-refractivity contribution < 1.29 is 4.39 Å². The molecule has 5 heteroatoms. The van der Waals surface area contributed by atoms with Crippen LogP contribution in [0.25, 0.3) is 0 Å². The molecule has 0 saturated carbocycles. The van der Waals surface area contributed by atoms with Gasteiger partial charge in [0.2, 0.25) is 5.95 Å². The number of hydrogen-bond acceptors (Lipinski definition) is 2. The summed E-state index contributed by atoms with van der Waals surface area (Å²) in [6.45, 7) is 0. The highest BCUT2D eigenvalue weighted by atomic mass is 79.9. The molecule has 0 radical (unpaired) electrons. The number of halogens is 3. The average Bonchev–Trinajstić information content (AvgIpc) is 2.24. The van der Waals surface area contributed by atoms with Crippen LogP contribution in [0.2, 0.25) is 0 Å². The lowest BCUT2D eigenvalue weighted by molar-refractivity contribution is 0.585. The zero-order chi connectivity index (χ0) is 11.5. The largest absolute Gasteiger partial charge is 0.339 e. The Kier molecular flexibility index (Phi) is 3.56. The van der Waals surface area contributed by atoms with Gasteiger partial charge in [0.25, 0.3) is 0 Å². The van der Waals surface area contributed by atoms with E-state index in [2.05, 4.69) is 42.2 Å². The maximum Gasteiger partial charge on any atom is 0.214 e. The Balaban J connectivity index is 2.30. The van der Waals surface area contributed by atoms with Crippen molar-refractivity contribution in [3.05, 3.63) is 51.3 Å². The summed E-state index contributed by atoms with van der Waals surface area (Å²) in [5.74, 6) is -0.0325. The summed E-state index contributed by atoms with van der Waals surface area (Å²) in [4.78, 5) is 3.73. The summed E-state index contributed by atoms with van der Waals surface area (Å²) in [6, 6.07) is 10.3. The molecule has 2 aromatic rings. The first kappa shape index (κ1) is 11.5. The number of nitrogens with zero attached hydrogens (tertiary/aromatic N) is 1. The Morgan fingerprint density at radius 1 is 1.12 bits per heavy atom. The number of nitrogens with one attached hydrogen (secondary N) is 1. The van der Waals surface area contributed by atoms with E-state index in [-0.39, 0.29) is 0 Å². The number of hydrogen-bond donors (Lipinski definition) is 1. The molecule has 1 N–H and O–H groups in total. The van der Waals surface area contributed by atoms with Gasteiger partial charge in [0, 0.05) is 8.95 Å². The molecule has 1 heterocycles. The van der Waals surface area contributed by atoms with E-state index in [1.807, 2.05) is 18.2 Å². The van der Waals surface area contributed by atoms with Gasteiger partial charge in [0.15, 0.2) is 0 Å². The van der Waals surface area contributed by atoms with Crippen LogP contribution in [0.3, 0.4) is 0 Å². The fourth-order valence-electron chi connectivity index (χ4n) is 1.21. The normalized spacial score (nSPS) is 10.2. The van der Waals surface area contributed by atoms with E-state index < -0.39 is 5.95 Å². The van der Waals surface area contributed by atoms with Crippen LogP contribution in [-0.2, 0) is 0 Å². The summed E-state index contributed by atoms with van der Waals surface area (Å²) in [6.07, 6.45) is 0. The first-order valence-electron chi connectivity index (χ1n) is 4.50. The smallest absolute Gasteiger partial charge is 0.214 e. The van der Waals surface area contributed by atoms with Crippen LogP contribution in [0.5, 0.6) is 0 Å². The maximum absolute atomic E-state index is 12.9. The molecule has 0 atom stereocenters. The Labute approximate surface area is 109 Å². The molecule has 0 bridgehead atoms. The van der Waals surface area contributed by atoms with Crippen molar-refractivity contribution in [2.75, 3.05) is 5.32 Å². The molecule has 0 aliphatic rings. The molecule has 0 saturated heterocycles. The third-order valence-corrected chi connectivity index (χ3v) is 3.09. The van der Waals surface area contributed by atoms with Gasteiger partial charge in [0.05, 0.1) is 5.69 Å². The molecule has 0 fully saturated rings. The molecule has 1 aromatic heterocycles. The van der Waals surface area contributed by atoms with Gasteiger partial charge in [-0.15, -0.1) is 0 Å². The second kappa shape index (κ2) is 4.93. The highest BCUT2D eigenvalue weighted by Gasteiger charge is 2.02. The molecule has 16 heavy (non-hydrogen) atoms.